The van der Waals surface area contributed by atoms with Crippen molar-refractivity contribution in [1.82, 2.24) is 0 Å². The summed E-state index contributed by atoms with van der Waals surface area (Å²) in [6.45, 7) is 0. The van der Waals surface area contributed by atoms with Crippen LogP contribution in [0.1, 0.15) is 57.8 Å². The summed E-state index contributed by atoms with van der Waals surface area (Å²) < 4.78 is 0. The first-order valence-electron chi connectivity index (χ1n) is 7.16. The minimum absolute atomic E-state index is 0.932. The maximum absolute atomic E-state index is 2.41. The molecule has 0 heterocycles. The molecule has 87 valence electrons. The molecule has 2 fully saturated rings. The van der Waals surface area contributed by atoms with Crippen LogP contribution in [0, 0.1) is 17.8 Å². The highest BCUT2D eigenvalue weighted by molar-refractivity contribution is 5.33. The van der Waals surface area contributed by atoms with Crippen molar-refractivity contribution in [3.05, 3.63) is 29.7 Å². The molecule has 3 aliphatic carbocycles. The molecule has 3 rings (SSSR count). The van der Waals surface area contributed by atoms with Crippen molar-refractivity contribution in [3.8, 4) is 0 Å². The van der Waals surface area contributed by atoms with Gasteiger partial charge in [-0.15, -0.1) is 0 Å². The van der Waals surface area contributed by atoms with E-state index in [0.29, 0.717) is 0 Å². The smallest absolute Gasteiger partial charge is 0.00471 e. The van der Waals surface area contributed by atoms with E-state index in [4.69, 9.17) is 0 Å². The van der Waals surface area contributed by atoms with Crippen LogP contribution in [-0.2, 0) is 0 Å². The Labute approximate surface area is 99.8 Å². The molecule has 0 bridgehead atoms. The van der Waals surface area contributed by atoms with E-state index in [9.17, 15) is 0 Å². The molecule has 0 saturated heterocycles. The molecule has 0 spiro atoms. The minimum Gasteiger partial charge on any atom is -0.0768 e. The third-order valence-corrected chi connectivity index (χ3v) is 4.79. The largest absolute Gasteiger partial charge is 0.0768 e. The summed E-state index contributed by atoms with van der Waals surface area (Å²) in [6.07, 6.45) is 20.1. The zero-order valence-corrected chi connectivity index (χ0v) is 10.3. The van der Waals surface area contributed by atoms with E-state index in [1.807, 2.05) is 0 Å². The Morgan fingerprint density at radius 1 is 0.812 bits per heavy atom. The second-order valence-corrected chi connectivity index (χ2v) is 5.82. The highest BCUT2D eigenvalue weighted by atomic mass is 14.3. The summed E-state index contributed by atoms with van der Waals surface area (Å²) in [6, 6.07) is 0. The van der Waals surface area contributed by atoms with Crippen molar-refractivity contribution in [2.75, 3.05) is 0 Å². The summed E-state index contributed by atoms with van der Waals surface area (Å²) in [7, 11) is 0. The number of rotatable bonds is 2. The van der Waals surface area contributed by atoms with E-state index in [-0.39, 0.29) is 0 Å². The monoisotopic (exact) mass is 215 g/mol. The van der Waals surface area contributed by atoms with Crippen LogP contribution in [0.5, 0.6) is 0 Å². The first-order valence-corrected chi connectivity index (χ1v) is 7.16. The predicted octanol–water partition coefficient (Wildman–Crippen LogP) is 4.83. The molecule has 0 heteroatoms. The maximum atomic E-state index is 2.41. The lowest BCUT2D eigenvalue weighted by atomic mass is 9.79. The van der Waals surface area contributed by atoms with E-state index in [1.54, 1.807) is 11.5 Å². The van der Waals surface area contributed by atoms with Crippen molar-refractivity contribution in [1.29, 1.82) is 0 Å². The average molecular weight is 215 g/mol. The van der Waals surface area contributed by atoms with Crippen molar-refractivity contribution in [2.24, 2.45) is 11.8 Å². The SMILES string of the molecule is C1=C[C](C2CCCC2)CC(C2CCCC2)=C1. The fourth-order valence-corrected chi connectivity index (χ4v) is 3.80. The quantitative estimate of drug-likeness (QED) is 0.619. The predicted molar refractivity (Wildman–Crippen MR) is 69.0 cm³/mol. The lowest BCUT2D eigenvalue weighted by molar-refractivity contribution is 0.536. The molecule has 0 aromatic heterocycles. The van der Waals surface area contributed by atoms with Crippen LogP contribution in [-0.4, -0.2) is 0 Å². The summed E-state index contributed by atoms with van der Waals surface area (Å²) in [5.41, 5.74) is 1.75. The Morgan fingerprint density at radius 2 is 1.44 bits per heavy atom. The molecule has 0 atom stereocenters. The molecule has 0 aromatic carbocycles. The van der Waals surface area contributed by atoms with Gasteiger partial charge in [0, 0.05) is 5.92 Å². The van der Waals surface area contributed by atoms with Gasteiger partial charge in [-0.25, -0.2) is 0 Å². The second-order valence-electron chi connectivity index (χ2n) is 5.82. The van der Waals surface area contributed by atoms with Crippen LogP contribution in [0.2, 0.25) is 0 Å². The van der Waals surface area contributed by atoms with Crippen molar-refractivity contribution >= 4 is 0 Å². The van der Waals surface area contributed by atoms with Gasteiger partial charge in [0.25, 0.3) is 0 Å². The Bertz CT molecular complexity index is 285. The van der Waals surface area contributed by atoms with Gasteiger partial charge < -0.3 is 0 Å². The Morgan fingerprint density at radius 3 is 2.12 bits per heavy atom. The van der Waals surface area contributed by atoms with E-state index >= 15 is 0 Å². The Balaban J connectivity index is 1.64. The zero-order valence-electron chi connectivity index (χ0n) is 10.3. The summed E-state index contributed by atoms with van der Waals surface area (Å²) >= 11 is 0. The molecule has 3 aliphatic rings. The third-order valence-electron chi connectivity index (χ3n) is 4.79. The standard InChI is InChI=1S/C16H23/c1-2-7-13(6-1)15-10-5-11-16(12-15)14-8-3-4-9-14/h5,10-11,13-14H,1-4,6-9,12H2. The fourth-order valence-electron chi connectivity index (χ4n) is 3.80. The molecule has 0 aliphatic heterocycles. The first kappa shape index (κ1) is 10.6. The van der Waals surface area contributed by atoms with Gasteiger partial charge in [0.05, 0.1) is 0 Å². The van der Waals surface area contributed by atoms with E-state index < -0.39 is 0 Å². The normalized spacial score (nSPS) is 28.9. The molecule has 16 heavy (non-hydrogen) atoms. The van der Waals surface area contributed by atoms with Crippen molar-refractivity contribution in [3.63, 3.8) is 0 Å². The van der Waals surface area contributed by atoms with E-state index in [1.165, 1.54) is 57.8 Å². The van der Waals surface area contributed by atoms with Crippen LogP contribution in [0.4, 0.5) is 0 Å². The van der Waals surface area contributed by atoms with E-state index in [2.05, 4.69) is 18.2 Å². The van der Waals surface area contributed by atoms with Gasteiger partial charge in [0.1, 0.15) is 0 Å². The molecule has 0 amide bonds. The average Bonchev–Trinajstić information content (AvgIpc) is 3.03. The Kier molecular flexibility index (Phi) is 3.17. The second kappa shape index (κ2) is 4.77. The fraction of sp³-hybridized carbons (Fsp3) is 0.688. The highest BCUT2D eigenvalue weighted by Gasteiger charge is 2.28. The Hall–Kier alpha value is -0.520. The van der Waals surface area contributed by atoms with Crippen molar-refractivity contribution < 1.29 is 0 Å². The van der Waals surface area contributed by atoms with Gasteiger partial charge >= 0.3 is 0 Å². The van der Waals surface area contributed by atoms with Gasteiger partial charge in [-0.05, 0) is 43.9 Å². The number of hydrogen-bond acceptors (Lipinski definition) is 0. The van der Waals surface area contributed by atoms with Gasteiger partial charge in [-0.3, -0.25) is 0 Å². The molecular formula is C16H23. The van der Waals surface area contributed by atoms with Gasteiger partial charge in [-0.1, -0.05) is 49.5 Å². The van der Waals surface area contributed by atoms with Crippen LogP contribution < -0.4 is 0 Å². The molecule has 0 aromatic rings. The molecule has 1 radical (unpaired) electrons. The molecule has 2 saturated carbocycles. The minimum atomic E-state index is 0.932. The molecule has 0 nitrogen and oxygen atoms in total. The van der Waals surface area contributed by atoms with Gasteiger partial charge in [0.15, 0.2) is 0 Å². The summed E-state index contributed by atoms with van der Waals surface area (Å²) in [5.74, 6) is 3.62. The number of allylic oxidation sites excluding steroid dienone is 4. The van der Waals surface area contributed by atoms with Crippen LogP contribution in [0.15, 0.2) is 23.8 Å². The first-order chi connectivity index (χ1) is 7.93. The van der Waals surface area contributed by atoms with E-state index in [0.717, 1.165) is 11.8 Å². The third kappa shape index (κ3) is 2.12. The maximum Gasteiger partial charge on any atom is 0.00471 e. The van der Waals surface area contributed by atoms with Crippen LogP contribution >= 0.6 is 0 Å². The molecule has 0 N–H and O–H groups in total. The summed E-state index contributed by atoms with van der Waals surface area (Å²) in [4.78, 5) is 0. The van der Waals surface area contributed by atoms with Crippen LogP contribution in [0.3, 0.4) is 0 Å². The van der Waals surface area contributed by atoms with Crippen molar-refractivity contribution in [2.45, 2.75) is 57.8 Å². The van der Waals surface area contributed by atoms with Gasteiger partial charge in [0.2, 0.25) is 0 Å². The summed E-state index contributed by atoms with van der Waals surface area (Å²) in [5, 5.41) is 0. The molecular weight excluding hydrogens is 192 g/mol. The topological polar surface area (TPSA) is 0 Å². The van der Waals surface area contributed by atoms with Crippen LogP contribution in [0.25, 0.3) is 0 Å². The van der Waals surface area contributed by atoms with Gasteiger partial charge in [-0.2, -0.15) is 0 Å². The highest BCUT2D eigenvalue weighted by Crippen LogP contribution is 2.42. The number of hydrogen-bond donors (Lipinski definition) is 0. The lowest BCUT2D eigenvalue weighted by Gasteiger charge is -2.26. The molecule has 0 unspecified atom stereocenters. The zero-order chi connectivity index (χ0) is 10.8. The lowest BCUT2D eigenvalue weighted by Crippen LogP contribution is -2.13.